The summed E-state index contributed by atoms with van der Waals surface area (Å²) in [5.74, 6) is 1.92. The number of hydrogen-bond donors (Lipinski definition) is 1. The number of ether oxygens (including phenoxy) is 1. The Bertz CT molecular complexity index is 1640. The van der Waals surface area contributed by atoms with Gasteiger partial charge in [0.05, 0.1) is 35.3 Å². The summed E-state index contributed by atoms with van der Waals surface area (Å²) in [6, 6.07) is 14.5. The van der Waals surface area contributed by atoms with E-state index in [0.29, 0.717) is 28.3 Å². The summed E-state index contributed by atoms with van der Waals surface area (Å²) in [7, 11) is 5.81. The minimum Gasteiger partial charge on any atom is -0.496 e. The van der Waals surface area contributed by atoms with Gasteiger partial charge in [-0.15, -0.1) is 0 Å². The normalized spacial score (nSPS) is 17.8. The van der Waals surface area contributed by atoms with E-state index >= 15 is 0 Å². The summed E-state index contributed by atoms with van der Waals surface area (Å²) in [5.41, 5.74) is 6.14. The molecule has 2 fully saturated rings. The largest absolute Gasteiger partial charge is 0.496 e. The van der Waals surface area contributed by atoms with Crippen LogP contribution < -0.4 is 25.4 Å². The van der Waals surface area contributed by atoms with Gasteiger partial charge >= 0.3 is 0 Å². The maximum atomic E-state index is 11.6. The van der Waals surface area contributed by atoms with Gasteiger partial charge in [-0.25, -0.2) is 4.98 Å². The van der Waals surface area contributed by atoms with Crippen LogP contribution in [0.25, 0.3) is 23.4 Å². The third-order valence-electron chi connectivity index (χ3n) is 8.35. The van der Waals surface area contributed by atoms with Crippen molar-refractivity contribution in [2.24, 2.45) is 5.92 Å². The van der Waals surface area contributed by atoms with Crippen LogP contribution in [-0.2, 0) is 0 Å². The van der Waals surface area contributed by atoms with Crippen LogP contribution in [0.5, 0.6) is 5.75 Å². The molecular formula is C35H39ClN4O2. The van der Waals surface area contributed by atoms with Gasteiger partial charge in [-0.2, -0.15) is 0 Å². The molecule has 2 aromatic carbocycles. The number of hydrogen-bond acceptors (Lipinski definition) is 6. The molecule has 0 radical (unpaired) electrons. The molecule has 6 nitrogen and oxygen atoms in total. The van der Waals surface area contributed by atoms with E-state index in [4.69, 9.17) is 21.3 Å². The Morgan fingerprint density at radius 3 is 2.52 bits per heavy atom. The van der Waals surface area contributed by atoms with Gasteiger partial charge in [0.2, 0.25) is 0 Å². The summed E-state index contributed by atoms with van der Waals surface area (Å²) >= 11 is 6.47. The fraction of sp³-hybridized carbons (Fsp3) is 0.314. The first kappa shape index (κ1) is 29.6. The molecule has 1 saturated carbocycles. The molecule has 7 heteroatoms. The first-order valence-corrected chi connectivity index (χ1v) is 14.8. The van der Waals surface area contributed by atoms with Gasteiger partial charge in [0.1, 0.15) is 11.6 Å². The Labute approximate surface area is 253 Å². The smallest absolute Gasteiger partial charge is 0.155 e. The molecule has 3 aromatic rings. The van der Waals surface area contributed by atoms with Crippen LogP contribution in [0.3, 0.4) is 0 Å². The van der Waals surface area contributed by atoms with Crippen molar-refractivity contribution < 1.29 is 9.53 Å². The van der Waals surface area contributed by atoms with E-state index in [9.17, 15) is 4.79 Å². The number of pyridine rings is 1. The molecule has 1 atom stereocenters. The molecule has 1 saturated heterocycles. The number of aromatic nitrogens is 1. The SMILES string of the molecule is C=C(C(=C/C)/C(Nc1ccc(N2CCC(N(C)C)C2)nc1)=c1/cc(-c2cc(Cl)c(C=O)c(OC)c2)ccc1=C)C1CC1. The third-order valence-corrected chi connectivity index (χ3v) is 8.66. The lowest BCUT2D eigenvalue weighted by Gasteiger charge is -2.21. The van der Waals surface area contributed by atoms with Crippen molar-refractivity contribution >= 4 is 41.7 Å². The molecule has 0 spiro atoms. The summed E-state index contributed by atoms with van der Waals surface area (Å²) in [5, 5.41) is 5.87. The molecule has 1 aromatic heterocycles. The van der Waals surface area contributed by atoms with Crippen LogP contribution in [0, 0.1) is 5.92 Å². The number of nitrogens with zero attached hydrogens (tertiary/aromatic N) is 3. The van der Waals surface area contributed by atoms with E-state index in [2.05, 4.69) is 73.6 Å². The summed E-state index contributed by atoms with van der Waals surface area (Å²) in [6.45, 7) is 12.9. The van der Waals surface area contributed by atoms with Crippen molar-refractivity contribution in [1.82, 2.24) is 9.88 Å². The fourth-order valence-corrected chi connectivity index (χ4v) is 5.87. The van der Waals surface area contributed by atoms with E-state index in [1.165, 1.54) is 7.11 Å². The zero-order valence-electron chi connectivity index (χ0n) is 24.9. The number of aldehydes is 1. The second kappa shape index (κ2) is 12.6. The Balaban J connectivity index is 1.57. The maximum absolute atomic E-state index is 11.6. The van der Waals surface area contributed by atoms with Gasteiger partial charge in [-0.1, -0.05) is 43.0 Å². The van der Waals surface area contributed by atoms with Gasteiger partial charge in [0.15, 0.2) is 6.29 Å². The summed E-state index contributed by atoms with van der Waals surface area (Å²) in [4.78, 5) is 21.0. The first-order chi connectivity index (χ1) is 20.2. The highest BCUT2D eigenvalue weighted by molar-refractivity contribution is 6.33. The number of rotatable bonds is 10. The highest BCUT2D eigenvalue weighted by Gasteiger charge is 2.28. The predicted molar refractivity (Wildman–Crippen MR) is 175 cm³/mol. The Morgan fingerprint density at radius 2 is 1.93 bits per heavy atom. The third kappa shape index (κ3) is 6.15. The van der Waals surface area contributed by atoms with Crippen molar-refractivity contribution in [3.63, 3.8) is 0 Å². The number of carbonyl (C=O) groups excluding carboxylic acids is 1. The molecule has 0 amide bonds. The quantitative estimate of drug-likeness (QED) is 0.237. The van der Waals surface area contributed by atoms with E-state index < -0.39 is 0 Å². The van der Waals surface area contributed by atoms with Crippen molar-refractivity contribution in [3.8, 4) is 16.9 Å². The zero-order chi connectivity index (χ0) is 30.0. The molecule has 1 aliphatic carbocycles. The molecule has 2 heterocycles. The lowest BCUT2D eigenvalue weighted by atomic mass is 9.95. The van der Waals surface area contributed by atoms with Gasteiger partial charge in [0, 0.05) is 24.4 Å². The van der Waals surface area contributed by atoms with Crippen molar-refractivity contribution in [1.29, 1.82) is 0 Å². The lowest BCUT2D eigenvalue weighted by molar-refractivity contribution is 0.112. The van der Waals surface area contributed by atoms with Gasteiger partial charge in [-0.3, -0.25) is 4.79 Å². The maximum Gasteiger partial charge on any atom is 0.155 e. The molecule has 5 rings (SSSR count). The molecule has 2 aliphatic rings. The van der Waals surface area contributed by atoms with Gasteiger partial charge in [0.25, 0.3) is 0 Å². The molecule has 1 N–H and O–H groups in total. The zero-order valence-corrected chi connectivity index (χ0v) is 25.7. The molecule has 42 heavy (non-hydrogen) atoms. The minimum absolute atomic E-state index is 0.338. The van der Waals surface area contributed by atoms with Gasteiger partial charge in [-0.05, 0) is 104 Å². The summed E-state index contributed by atoms with van der Waals surface area (Å²) < 4.78 is 5.46. The fourth-order valence-electron chi connectivity index (χ4n) is 5.62. The van der Waals surface area contributed by atoms with Crippen molar-refractivity contribution in [2.45, 2.75) is 32.2 Å². The van der Waals surface area contributed by atoms with Crippen LogP contribution in [0.1, 0.15) is 36.5 Å². The van der Waals surface area contributed by atoms with Crippen LogP contribution in [0.15, 0.2) is 72.5 Å². The summed E-state index contributed by atoms with van der Waals surface area (Å²) in [6.07, 6.45) is 8.20. The van der Waals surface area contributed by atoms with Crippen LogP contribution in [0.4, 0.5) is 11.5 Å². The van der Waals surface area contributed by atoms with E-state index in [1.54, 1.807) is 6.07 Å². The van der Waals surface area contributed by atoms with E-state index in [-0.39, 0.29) is 0 Å². The van der Waals surface area contributed by atoms with E-state index in [1.807, 2.05) is 24.4 Å². The number of likely N-dealkylation sites (N-methyl/N-ethyl adjacent to an activating group) is 1. The predicted octanol–water partition coefficient (Wildman–Crippen LogP) is 5.91. The van der Waals surface area contributed by atoms with Crippen LogP contribution in [0.2, 0.25) is 5.02 Å². The second-order valence-electron chi connectivity index (χ2n) is 11.3. The molecular weight excluding hydrogens is 544 g/mol. The number of allylic oxidation sites excluding steroid dienone is 1. The lowest BCUT2D eigenvalue weighted by Crippen LogP contribution is -2.31. The standard InChI is InChI=1S/C35H39ClN4O2/c1-7-29(23(3)24-10-11-24)35(38-27-12-13-34(37-19-27)40-15-14-28(20-40)39(4)5)30-16-25(9-8-22(30)2)26-17-32(36)31(21-41)33(18-26)42-6/h7-9,12-13,16-19,21,24,28,38H,2-3,10-11,14-15,20H2,1,4-6H3/b29-7-,35-30+. The topological polar surface area (TPSA) is 57.7 Å². The second-order valence-corrected chi connectivity index (χ2v) is 11.7. The number of nitrogens with one attached hydrogen (secondary N) is 1. The number of halogens is 1. The Hall–Kier alpha value is -3.87. The molecule has 1 aliphatic heterocycles. The minimum atomic E-state index is 0.338. The molecule has 1 unspecified atom stereocenters. The number of benzene rings is 2. The van der Waals surface area contributed by atoms with Crippen LogP contribution in [-0.4, -0.2) is 56.5 Å². The molecule has 218 valence electrons. The van der Waals surface area contributed by atoms with Crippen molar-refractivity contribution in [2.75, 3.05) is 44.5 Å². The number of anilines is 2. The Kier molecular flexibility index (Phi) is 8.85. The monoisotopic (exact) mass is 582 g/mol. The van der Waals surface area contributed by atoms with E-state index in [0.717, 1.165) is 88.6 Å². The van der Waals surface area contributed by atoms with Crippen LogP contribution >= 0.6 is 11.6 Å². The highest BCUT2D eigenvalue weighted by Crippen LogP contribution is 2.41. The molecule has 0 bridgehead atoms. The Morgan fingerprint density at radius 1 is 1.14 bits per heavy atom. The highest BCUT2D eigenvalue weighted by atomic mass is 35.5. The first-order valence-electron chi connectivity index (χ1n) is 14.4. The average Bonchev–Trinajstić information content (AvgIpc) is 3.72. The number of carbonyl (C=O) groups is 1. The van der Waals surface area contributed by atoms with Gasteiger partial charge < -0.3 is 19.9 Å². The van der Waals surface area contributed by atoms with Crippen molar-refractivity contribution in [3.05, 3.63) is 93.5 Å². The average molecular weight is 583 g/mol. The number of methoxy groups -OCH3 is 1.